The lowest BCUT2D eigenvalue weighted by molar-refractivity contribution is 0.0600. The number of nitrogens with one attached hydrogen (secondary N) is 1. The number of rotatable bonds is 4. The van der Waals surface area contributed by atoms with Gasteiger partial charge in [-0.05, 0) is 30.3 Å². The minimum Gasteiger partial charge on any atom is -0.465 e. The van der Waals surface area contributed by atoms with Gasteiger partial charge in [0.05, 0.1) is 24.5 Å². The van der Waals surface area contributed by atoms with E-state index in [1.165, 1.54) is 19.2 Å². The summed E-state index contributed by atoms with van der Waals surface area (Å²) in [5.41, 5.74) is 1.59. The Hall–Kier alpha value is -3.16. The zero-order valence-corrected chi connectivity index (χ0v) is 12.3. The van der Waals surface area contributed by atoms with Crippen LogP contribution in [0.15, 0.2) is 41.5 Å². The number of hydrazone groups is 1. The number of methoxy groups -OCH3 is 1. The molecule has 2 aromatic carbocycles. The predicted molar refractivity (Wildman–Crippen MR) is 79.2 cm³/mol. The first-order chi connectivity index (χ1) is 11.4. The Morgan fingerprint density at radius 2 is 1.83 bits per heavy atom. The third kappa shape index (κ3) is 3.97. The molecule has 1 amide bonds. The van der Waals surface area contributed by atoms with Crippen LogP contribution in [-0.2, 0) is 4.74 Å². The van der Waals surface area contributed by atoms with E-state index in [-0.39, 0.29) is 11.1 Å². The van der Waals surface area contributed by atoms with Crippen molar-refractivity contribution >= 4 is 18.1 Å². The first-order valence-corrected chi connectivity index (χ1v) is 6.58. The van der Waals surface area contributed by atoms with Gasteiger partial charge >= 0.3 is 5.97 Å². The van der Waals surface area contributed by atoms with E-state index in [4.69, 9.17) is 0 Å². The first-order valence-electron chi connectivity index (χ1n) is 6.58. The Bertz CT molecular complexity index is 822. The number of ether oxygens (including phenoxy) is 1. The highest BCUT2D eigenvalue weighted by molar-refractivity contribution is 5.95. The van der Waals surface area contributed by atoms with Crippen LogP contribution in [0.5, 0.6) is 0 Å². The van der Waals surface area contributed by atoms with Crippen LogP contribution in [-0.4, -0.2) is 25.2 Å². The monoisotopic (exact) mass is 336 g/mol. The summed E-state index contributed by atoms with van der Waals surface area (Å²) in [4.78, 5) is 22.9. The fraction of sp³-hybridized carbons (Fsp3) is 0.0625. The lowest BCUT2D eigenvalue weighted by atomic mass is 10.1. The first kappa shape index (κ1) is 17.2. The molecule has 0 unspecified atom stereocenters. The third-order valence-corrected chi connectivity index (χ3v) is 2.97. The number of halogens is 3. The van der Waals surface area contributed by atoms with Gasteiger partial charge in [-0.1, -0.05) is 0 Å². The number of hydrogen-bond acceptors (Lipinski definition) is 4. The van der Waals surface area contributed by atoms with Crippen LogP contribution in [0.1, 0.15) is 26.3 Å². The molecule has 24 heavy (non-hydrogen) atoms. The molecule has 2 aromatic rings. The van der Waals surface area contributed by atoms with Gasteiger partial charge in [0, 0.05) is 11.6 Å². The molecule has 0 saturated carbocycles. The lowest BCUT2D eigenvalue weighted by Gasteiger charge is -2.03. The Kier molecular flexibility index (Phi) is 5.31. The molecule has 0 saturated heterocycles. The quantitative estimate of drug-likeness (QED) is 0.530. The van der Waals surface area contributed by atoms with Gasteiger partial charge in [-0.25, -0.2) is 23.4 Å². The zero-order valence-electron chi connectivity index (χ0n) is 12.3. The van der Waals surface area contributed by atoms with Crippen molar-refractivity contribution in [1.82, 2.24) is 5.43 Å². The van der Waals surface area contributed by atoms with E-state index in [9.17, 15) is 22.8 Å². The molecule has 0 aromatic heterocycles. The van der Waals surface area contributed by atoms with Gasteiger partial charge in [-0.3, -0.25) is 4.79 Å². The van der Waals surface area contributed by atoms with Crippen molar-refractivity contribution in [2.75, 3.05) is 7.11 Å². The average Bonchev–Trinajstić information content (AvgIpc) is 2.55. The number of carbonyl (C=O) groups is 2. The van der Waals surface area contributed by atoms with Crippen molar-refractivity contribution in [2.45, 2.75) is 0 Å². The SMILES string of the molecule is COC(=O)c1ccc(/C=N/NC(=O)c2ccc(F)cc2F)c(F)c1. The Labute approximate surface area is 134 Å². The van der Waals surface area contributed by atoms with E-state index in [1.54, 1.807) is 0 Å². The second-order valence-corrected chi connectivity index (χ2v) is 4.55. The number of esters is 1. The highest BCUT2D eigenvalue weighted by Crippen LogP contribution is 2.11. The van der Waals surface area contributed by atoms with Crippen LogP contribution in [0.4, 0.5) is 13.2 Å². The molecule has 5 nitrogen and oxygen atoms in total. The van der Waals surface area contributed by atoms with Gasteiger partial charge in [0.2, 0.25) is 0 Å². The maximum atomic E-state index is 13.8. The number of hydrogen-bond donors (Lipinski definition) is 1. The topological polar surface area (TPSA) is 67.8 Å². The lowest BCUT2D eigenvalue weighted by Crippen LogP contribution is -2.19. The van der Waals surface area contributed by atoms with Crippen molar-refractivity contribution in [3.63, 3.8) is 0 Å². The highest BCUT2D eigenvalue weighted by atomic mass is 19.1. The summed E-state index contributed by atoms with van der Waals surface area (Å²) in [6, 6.07) is 5.97. The molecular formula is C16H11F3N2O3. The van der Waals surface area contributed by atoms with Gasteiger partial charge in [-0.15, -0.1) is 0 Å². The second-order valence-electron chi connectivity index (χ2n) is 4.55. The van der Waals surface area contributed by atoms with Crippen LogP contribution in [0.2, 0.25) is 0 Å². The van der Waals surface area contributed by atoms with E-state index >= 15 is 0 Å². The summed E-state index contributed by atoms with van der Waals surface area (Å²) < 4.78 is 44.4. The van der Waals surface area contributed by atoms with Crippen LogP contribution in [0.25, 0.3) is 0 Å². The molecule has 0 radical (unpaired) electrons. The molecule has 0 atom stereocenters. The van der Waals surface area contributed by atoms with Gasteiger partial charge in [0.1, 0.15) is 17.5 Å². The molecule has 0 fully saturated rings. The fourth-order valence-corrected chi connectivity index (χ4v) is 1.77. The van der Waals surface area contributed by atoms with Crippen molar-refractivity contribution in [2.24, 2.45) is 5.10 Å². The van der Waals surface area contributed by atoms with Crippen LogP contribution < -0.4 is 5.43 Å². The maximum absolute atomic E-state index is 13.8. The van der Waals surface area contributed by atoms with E-state index in [2.05, 4.69) is 9.84 Å². The maximum Gasteiger partial charge on any atom is 0.337 e. The summed E-state index contributed by atoms with van der Waals surface area (Å²) >= 11 is 0. The molecule has 0 aliphatic heterocycles. The van der Waals surface area contributed by atoms with Gasteiger partial charge in [-0.2, -0.15) is 5.10 Å². The molecule has 124 valence electrons. The number of carbonyl (C=O) groups excluding carboxylic acids is 2. The van der Waals surface area contributed by atoms with Crippen LogP contribution >= 0.6 is 0 Å². The van der Waals surface area contributed by atoms with Crippen molar-refractivity contribution < 1.29 is 27.5 Å². The van der Waals surface area contributed by atoms with Crippen molar-refractivity contribution in [1.29, 1.82) is 0 Å². The number of benzene rings is 2. The summed E-state index contributed by atoms with van der Waals surface area (Å²) in [5.74, 6) is -4.24. The highest BCUT2D eigenvalue weighted by Gasteiger charge is 2.12. The van der Waals surface area contributed by atoms with Gasteiger partial charge < -0.3 is 4.74 Å². The van der Waals surface area contributed by atoms with Crippen LogP contribution in [0.3, 0.4) is 0 Å². The minimum atomic E-state index is -1.05. The minimum absolute atomic E-state index is 0.0115. The van der Waals surface area contributed by atoms with E-state index in [1.807, 2.05) is 5.43 Å². The largest absolute Gasteiger partial charge is 0.465 e. The summed E-state index contributed by atoms with van der Waals surface area (Å²) in [5, 5.41) is 3.50. The Morgan fingerprint density at radius 1 is 1.08 bits per heavy atom. The Morgan fingerprint density at radius 3 is 2.46 bits per heavy atom. The van der Waals surface area contributed by atoms with Crippen molar-refractivity contribution in [3.8, 4) is 0 Å². The predicted octanol–water partition coefficient (Wildman–Crippen LogP) is 2.65. The smallest absolute Gasteiger partial charge is 0.337 e. The molecule has 0 heterocycles. The molecular weight excluding hydrogens is 325 g/mol. The molecule has 1 N–H and O–H groups in total. The molecule has 0 spiro atoms. The molecule has 2 rings (SSSR count). The van der Waals surface area contributed by atoms with Crippen LogP contribution in [0, 0.1) is 17.5 Å². The summed E-state index contributed by atoms with van der Waals surface area (Å²) in [6.45, 7) is 0. The summed E-state index contributed by atoms with van der Waals surface area (Å²) in [7, 11) is 1.17. The van der Waals surface area contributed by atoms with Crippen molar-refractivity contribution in [3.05, 3.63) is 70.5 Å². The number of amides is 1. The average molecular weight is 336 g/mol. The van der Waals surface area contributed by atoms with Gasteiger partial charge in [0.25, 0.3) is 5.91 Å². The zero-order chi connectivity index (χ0) is 17.7. The third-order valence-electron chi connectivity index (χ3n) is 2.97. The normalized spacial score (nSPS) is 10.7. The fourth-order valence-electron chi connectivity index (χ4n) is 1.77. The molecule has 0 bridgehead atoms. The van der Waals surface area contributed by atoms with E-state index < -0.39 is 34.9 Å². The van der Waals surface area contributed by atoms with E-state index in [0.717, 1.165) is 24.4 Å². The molecule has 0 aliphatic carbocycles. The molecule has 0 aliphatic rings. The van der Waals surface area contributed by atoms with E-state index in [0.29, 0.717) is 6.07 Å². The standard InChI is InChI=1S/C16H11F3N2O3/c1-24-16(23)9-2-3-10(13(18)6-9)8-20-21-15(22)12-5-4-11(17)7-14(12)19/h2-8H,1H3,(H,21,22)/b20-8+. The number of nitrogens with zero attached hydrogens (tertiary/aromatic N) is 1. The van der Waals surface area contributed by atoms with Gasteiger partial charge in [0.15, 0.2) is 0 Å². The Balaban J connectivity index is 2.08. The summed E-state index contributed by atoms with van der Waals surface area (Å²) in [6.07, 6.45) is 0.982. The second kappa shape index (κ2) is 7.40. The molecule has 8 heteroatoms.